The van der Waals surface area contributed by atoms with Crippen molar-refractivity contribution in [2.24, 2.45) is 23.7 Å². The number of aliphatic hydroxyl groups is 1. The quantitative estimate of drug-likeness (QED) is 0.190. The van der Waals surface area contributed by atoms with Crippen molar-refractivity contribution in [1.29, 1.82) is 0 Å². The number of amides is 2. The van der Waals surface area contributed by atoms with E-state index in [1.165, 1.54) is 0 Å². The van der Waals surface area contributed by atoms with Gasteiger partial charge in [-0.3, -0.25) is 14.4 Å². The minimum Gasteiger partial charge on any atom is -0.465 e. The van der Waals surface area contributed by atoms with E-state index in [1.807, 2.05) is 70.2 Å². The van der Waals surface area contributed by atoms with Gasteiger partial charge < -0.3 is 24.4 Å². The van der Waals surface area contributed by atoms with Crippen LogP contribution in [0.2, 0.25) is 0 Å². The maximum Gasteiger partial charge on any atom is 0.312 e. The zero-order valence-electron chi connectivity index (χ0n) is 26.4. The largest absolute Gasteiger partial charge is 0.465 e. The molecular formula is C36H46N2O6. The summed E-state index contributed by atoms with van der Waals surface area (Å²) in [5.41, 5.74) is -1.54. The number of hydrogen-bond acceptors (Lipinski definition) is 6. The maximum atomic E-state index is 15.0. The van der Waals surface area contributed by atoms with Gasteiger partial charge in [-0.1, -0.05) is 63.3 Å². The zero-order valence-corrected chi connectivity index (χ0v) is 26.4. The number of ether oxygens (including phenoxy) is 2. The number of likely N-dealkylation sites (tertiary alicyclic amines) is 1. The van der Waals surface area contributed by atoms with Crippen LogP contribution in [-0.4, -0.2) is 70.8 Å². The minimum atomic E-state index is -1.24. The van der Waals surface area contributed by atoms with Crippen molar-refractivity contribution < 1.29 is 29.0 Å². The Morgan fingerprint density at radius 3 is 2.57 bits per heavy atom. The standard InChI is InChI=1S/C36H46N2O6/c1-7-9-12-18-43-34(42)30-29-32(40)38(28(22-39)19-23(3)4)31(36(29)21-24(5)35(30,6)44-36)33(41)37(17-8-2)27-16-15-25-13-10-11-14-26(25)20-27/h7-8,10-11,13-16,20,23-24,28-31,39H,1-2,9,12,17-19,21-22H2,3-6H3/t24?,28-,29+,30+,31?,35-,36?/m1/s1. The molecule has 3 saturated heterocycles. The number of fused-ring (bicyclic) bond motifs is 2. The van der Waals surface area contributed by atoms with Gasteiger partial charge in [0.2, 0.25) is 5.91 Å². The topological polar surface area (TPSA) is 96.4 Å². The molecule has 44 heavy (non-hydrogen) atoms. The van der Waals surface area contributed by atoms with Crippen molar-refractivity contribution in [3.63, 3.8) is 0 Å². The van der Waals surface area contributed by atoms with Gasteiger partial charge in [-0.15, -0.1) is 13.2 Å². The van der Waals surface area contributed by atoms with Crippen molar-refractivity contribution in [2.45, 2.75) is 76.7 Å². The number of rotatable bonds is 13. The summed E-state index contributed by atoms with van der Waals surface area (Å²) in [5, 5.41) is 12.7. The predicted molar refractivity (Wildman–Crippen MR) is 171 cm³/mol. The fourth-order valence-corrected chi connectivity index (χ4v) is 7.96. The number of unbranched alkanes of at least 4 members (excludes halogenated alkanes) is 1. The molecule has 5 rings (SSSR count). The van der Waals surface area contributed by atoms with Crippen molar-refractivity contribution in [2.75, 3.05) is 24.7 Å². The van der Waals surface area contributed by atoms with Crippen LogP contribution in [0.1, 0.15) is 53.4 Å². The second-order valence-corrected chi connectivity index (χ2v) is 13.3. The summed E-state index contributed by atoms with van der Waals surface area (Å²) in [5.74, 6) is -2.84. The van der Waals surface area contributed by atoms with E-state index in [-0.39, 0.29) is 43.4 Å². The Balaban J connectivity index is 1.61. The van der Waals surface area contributed by atoms with Gasteiger partial charge in [-0.25, -0.2) is 0 Å². The highest BCUT2D eigenvalue weighted by Gasteiger charge is 2.80. The molecule has 1 N–H and O–H groups in total. The van der Waals surface area contributed by atoms with Crippen molar-refractivity contribution >= 4 is 34.2 Å². The Bertz CT molecular complexity index is 1440. The molecule has 0 saturated carbocycles. The molecule has 0 aromatic heterocycles. The fraction of sp³-hybridized carbons (Fsp3) is 0.528. The summed E-state index contributed by atoms with van der Waals surface area (Å²) in [7, 11) is 0. The Morgan fingerprint density at radius 2 is 1.91 bits per heavy atom. The summed E-state index contributed by atoms with van der Waals surface area (Å²) in [6.45, 7) is 15.7. The van der Waals surface area contributed by atoms with Crippen LogP contribution in [0.15, 0.2) is 67.8 Å². The van der Waals surface area contributed by atoms with Gasteiger partial charge in [0.25, 0.3) is 5.91 Å². The molecule has 2 aromatic rings. The van der Waals surface area contributed by atoms with E-state index in [1.54, 1.807) is 22.0 Å². The average Bonchev–Trinajstić information content (AvgIpc) is 3.52. The first-order valence-electron chi connectivity index (χ1n) is 15.9. The number of esters is 1. The first-order chi connectivity index (χ1) is 21.0. The Morgan fingerprint density at radius 1 is 1.18 bits per heavy atom. The van der Waals surface area contributed by atoms with E-state index in [9.17, 15) is 19.5 Å². The molecule has 2 aromatic carbocycles. The second-order valence-electron chi connectivity index (χ2n) is 13.3. The third-order valence-electron chi connectivity index (χ3n) is 10.0. The Labute approximate surface area is 260 Å². The number of carbonyl (C=O) groups excluding carboxylic acids is 3. The summed E-state index contributed by atoms with van der Waals surface area (Å²) in [6.07, 6.45) is 5.72. The molecule has 8 heteroatoms. The molecule has 2 amide bonds. The fourth-order valence-electron chi connectivity index (χ4n) is 7.96. The van der Waals surface area contributed by atoms with Crippen LogP contribution >= 0.6 is 0 Å². The lowest BCUT2D eigenvalue weighted by Crippen LogP contribution is -2.59. The lowest BCUT2D eigenvalue weighted by molar-refractivity contribution is -0.162. The normalized spacial score (nSPS) is 29.6. The van der Waals surface area contributed by atoms with E-state index < -0.39 is 41.1 Å². The molecule has 8 nitrogen and oxygen atoms in total. The van der Waals surface area contributed by atoms with E-state index >= 15 is 0 Å². The van der Waals surface area contributed by atoms with Crippen LogP contribution in [0.4, 0.5) is 5.69 Å². The molecule has 3 fully saturated rings. The number of hydrogen-bond donors (Lipinski definition) is 1. The van der Waals surface area contributed by atoms with Crippen molar-refractivity contribution in [1.82, 2.24) is 4.90 Å². The van der Waals surface area contributed by atoms with Gasteiger partial charge in [0.15, 0.2) is 0 Å². The van der Waals surface area contributed by atoms with Crippen LogP contribution in [0.5, 0.6) is 0 Å². The number of carbonyl (C=O) groups is 3. The van der Waals surface area contributed by atoms with Crippen LogP contribution in [-0.2, 0) is 23.9 Å². The number of benzene rings is 2. The highest BCUT2D eigenvalue weighted by Crippen LogP contribution is 2.66. The molecule has 3 aliphatic heterocycles. The first kappa shape index (κ1) is 31.9. The van der Waals surface area contributed by atoms with E-state index in [0.29, 0.717) is 31.4 Å². The Hall–Kier alpha value is -3.49. The summed E-state index contributed by atoms with van der Waals surface area (Å²) >= 11 is 0. The summed E-state index contributed by atoms with van der Waals surface area (Å²) in [6, 6.07) is 12.1. The molecule has 3 unspecified atom stereocenters. The minimum absolute atomic E-state index is 0.112. The molecule has 0 aliphatic carbocycles. The van der Waals surface area contributed by atoms with Gasteiger partial charge in [-0.2, -0.15) is 0 Å². The molecule has 3 aliphatic rings. The molecule has 236 valence electrons. The van der Waals surface area contributed by atoms with Crippen LogP contribution in [0.25, 0.3) is 10.8 Å². The van der Waals surface area contributed by atoms with Crippen LogP contribution < -0.4 is 4.90 Å². The lowest BCUT2D eigenvalue weighted by Gasteiger charge is -2.40. The zero-order chi connectivity index (χ0) is 31.8. The van der Waals surface area contributed by atoms with Gasteiger partial charge in [0.1, 0.15) is 17.6 Å². The summed E-state index contributed by atoms with van der Waals surface area (Å²) < 4.78 is 12.6. The molecule has 1 spiro atoms. The van der Waals surface area contributed by atoms with Crippen molar-refractivity contribution in [3.8, 4) is 0 Å². The first-order valence-corrected chi connectivity index (χ1v) is 15.9. The monoisotopic (exact) mass is 602 g/mol. The van der Waals surface area contributed by atoms with Crippen molar-refractivity contribution in [3.05, 3.63) is 67.8 Å². The van der Waals surface area contributed by atoms with Gasteiger partial charge in [0, 0.05) is 12.2 Å². The van der Waals surface area contributed by atoms with Gasteiger partial charge in [-0.05, 0) is 67.3 Å². The Kier molecular flexibility index (Phi) is 9.06. The highest BCUT2D eigenvalue weighted by atomic mass is 16.6. The molecule has 7 atom stereocenters. The SMILES string of the molecule is C=CCCCOC(=O)[C@@H]1[C@H]2C(=O)N([C@@H](CO)CC(C)C)C(C(=O)N(CC=C)c3ccc4ccccc4c3)C23CC(C)[C@@]1(C)O3. The third kappa shape index (κ3) is 5.16. The molecule has 3 heterocycles. The van der Waals surface area contributed by atoms with Gasteiger partial charge in [0.05, 0.1) is 30.8 Å². The van der Waals surface area contributed by atoms with Crippen LogP contribution in [0, 0.1) is 23.7 Å². The van der Waals surface area contributed by atoms with E-state index in [0.717, 1.165) is 10.8 Å². The summed E-state index contributed by atoms with van der Waals surface area (Å²) in [4.78, 5) is 46.6. The number of allylic oxidation sites excluding steroid dienone is 1. The average molecular weight is 603 g/mol. The van der Waals surface area contributed by atoms with Crippen LogP contribution in [0.3, 0.4) is 0 Å². The smallest absolute Gasteiger partial charge is 0.312 e. The van der Waals surface area contributed by atoms with Gasteiger partial charge >= 0.3 is 5.97 Å². The number of nitrogens with zero attached hydrogens (tertiary/aromatic N) is 2. The molecule has 0 radical (unpaired) electrons. The number of anilines is 1. The third-order valence-corrected chi connectivity index (χ3v) is 10.0. The second kappa shape index (κ2) is 12.5. The predicted octanol–water partition coefficient (Wildman–Crippen LogP) is 5.29. The maximum absolute atomic E-state index is 15.0. The van der Waals surface area contributed by atoms with E-state index in [2.05, 4.69) is 13.2 Å². The number of aliphatic hydroxyl groups excluding tert-OH is 1. The van der Waals surface area contributed by atoms with E-state index in [4.69, 9.17) is 9.47 Å². The molecule has 2 bridgehead atoms. The lowest BCUT2D eigenvalue weighted by atomic mass is 9.62. The molecular weight excluding hydrogens is 556 g/mol. The highest BCUT2D eigenvalue weighted by molar-refractivity contribution is 6.06.